The fourth-order valence-electron chi connectivity index (χ4n) is 11.4. The van der Waals surface area contributed by atoms with Crippen LogP contribution in [0.2, 0.25) is 0 Å². The fraction of sp³-hybridized carbons (Fsp3) is 0.0294. The number of hydrogen-bond acceptors (Lipinski definition) is 1. The summed E-state index contributed by atoms with van der Waals surface area (Å²) in [6, 6.07) is 96.4. The van der Waals surface area contributed by atoms with Crippen molar-refractivity contribution in [3.8, 4) is 22.5 Å². The zero-order valence-corrected chi connectivity index (χ0v) is 42.7. The van der Waals surface area contributed by atoms with Gasteiger partial charge in [0.25, 0.3) is 0 Å². The first-order valence-corrected chi connectivity index (χ1v) is 29.2. The van der Waals surface area contributed by atoms with Crippen molar-refractivity contribution in [2.24, 2.45) is 0 Å². The average Bonchev–Trinajstić information content (AvgIpc) is 3.95. The third kappa shape index (κ3) is 7.56. The van der Waals surface area contributed by atoms with Gasteiger partial charge >= 0.3 is 272 Å². The Morgan fingerprint density at radius 2 is 0.699 bits per heavy atom. The monoisotopic (exact) mass is 1000 g/mol. The summed E-state index contributed by atoms with van der Waals surface area (Å²) in [4.78, 5) is 2.26. The van der Waals surface area contributed by atoms with Gasteiger partial charge in [-0.05, 0) is 74.5 Å². The number of anilines is 3. The summed E-state index contributed by atoms with van der Waals surface area (Å²) in [5, 5.41) is 4.59. The molecule has 0 aliphatic carbocycles. The maximum Gasteiger partial charge on any atom is 0.0542 e. The zero-order chi connectivity index (χ0) is 49.0. The Labute approximate surface area is 427 Å². The zero-order valence-electron chi connectivity index (χ0n) is 40.6. The molecule has 0 aliphatic heterocycles. The molecule has 0 amide bonds. The molecular weight excluding hydrogens is 950 g/mol. The second-order valence-corrected chi connectivity index (χ2v) is 27.2. The van der Waals surface area contributed by atoms with Crippen molar-refractivity contribution >= 4 is 91.5 Å². The summed E-state index contributed by atoms with van der Waals surface area (Å²) in [5.74, 6) is -0.272. The summed E-state index contributed by atoms with van der Waals surface area (Å²) in [6.45, 7) is 4.26. The Morgan fingerprint density at radius 1 is 0.315 bits per heavy atom. The maximum absolute atomic E-state index is 14.8. The Balaban J connectivity index is 0.986. The van der Waals surface area contributed by atoms with Gasteiger partial charge in [0.05, 0.1) is 11.0 Å². The first-order valence-electron chi connectivity index (χ1n) is 25.0. The Kier molecular flexibility index (Phi) is 11.0. The Hall–Kier alpha value is -8.71. The first-order chi connectivity index (χ1) is 35.9. The van der Waals surface area contributed by atoms with Crippen LogP contribution in [0.3, 0.4) is 0 Å². The van der Waals surface area contributed by atoms with Crippen LogP contribution in [-0.4, -0.2) is 22.4 Å². The standard InChI is InChI=1S/C68H50FGeN3/c1-47-22-33-57(34-23-47)72-65-21-13-12-20-61(65)63-45-59(39-42-67(63)72)71(56-37-29-51(69)30-38-56)60-40-43-68-64(46-60)62-44-50(28-41-66(62)73(68)58-35-24-48(2)25-36-58)49-26-31-55(32-27-49)70(52-14-6-3-7-15-52,53-16-8-4-9-17-53)54-18-10-5-11-19-54/h3-46H,1-2H3. The molecule has 0 bridgehead atoms. The predicted octanol–water partition coefficient (Wildman–Crippen LogP) is 15.2. The molecule has 0 fully saturated rings. The molecule has 3 nitrogen and oxygen atoms in total. The average molecular weight is 1000 g/mol. The Morgan fingerprint density at radius 3 is 1.21 bits per heavy atom. The molecule has 348 valence electrons. The summed E-state index contributed by atoms with van der Waals surface area (Å²) in [6.07, 6.45) is 0. The molecule has 5 heteroatoms. The summed E-state index contributed by atoms with van der Waals surface area (Å²) in [5.41, 5.74) is 14.3. The van der Waals surface area contributed by atoms with E-state index in [0.29, 0.717) is 0 Å². The van der Waals surface area contributed by atoms with E-state index in [4.69, 9.17) is 0 Å². The van der Waals surface area contributed by atoms with Gasteiger partial charge in [-0.1, -0.05) is 41.5 Å². The van der Waals surface area contributed by atoms with Crippen molar-refractivity contribution in [3.05, 3.63) is 284 Å². The van der Waals surface area contributed by atoms with E-state index in [1.807, 2.05) is 12.1 Å². The van der Waals surface area contributed by atoms with E-state index in [0.717, 1.165) is 77.8 Å². The molecule has 0 atom stereocenters. The smallest absolute Gasteiger partial charge is 0.0542 e. The molecule has 73 heavy (non-hydrogen) atoms. The first kappa shape index (κ1) is 44.2. The normalized spacial score (nSPS) is 11.8. The molecule has 0 N–H and O–H groups in total. The van der Waals surface area contributed by atoms with Crippen LogP contribution in [-0.2, 0) is 0 Å². The third-order valence-corrected chi connectivity index (χ3v) is 24.9. The topological polar surface area (TPSA) is 13.1 Å². The number of aryl methyl sites for hydroxylation is 2. The third-order valence-electron chi connectivity index (χ3n) is 14.9. The molecule has 11 aromatic carbocycles. The van der Waals surface area contributed by atoms with Crippen molar-refractivity contribution in [2.45, 2.75) is 13.8 Å². The van der Waals surface area contributed by atoms with Crippen molar-refractivity contribution in [1.29, 1.82) is 0 Å². The van der Waals surface area contributed by atoms with E-state index in [-0.39, 0.29) is 5.82 Å². The van der Waals surface area contributed by atoms with Crippen LogP contribution in [0, 0.1) is 19.7 Å². The second kappa shape index (κ2) is 18.2. The van der Waals surface area contributed by atoms with E-state index >= 15 is 0 Å². The van der Waals surface area contributed by atoms with Gasteiger partial charge < -0.3 is 4.57 Å². The number of benzene rings is 11. The summed E-state index contributed by atoms with van der Waals surface area (Å²) >= 11 is -3.45. The SMILES string of the molecule is Cc1ccc(-n2c3ccccc3c3cc(N(c4ccc(F)cc4)c4ccc5c(c4)c4cc(-c6cc[c]([Ge]([c]7ccccc7)([c]7ccccc7)[c]7ccccc7)cc6)ccc4n5-c4ccc(C)cc4)ccc32)cc1. The predicted molar refractivity (Wildman–Crippen MR) is 308 cm³/mol. The summed E-state index contributed by atoms with van der Waals surface area (Å²) < 4.78 is 25.1. The van der Waals surface area contributed by atoms with E-state index in [1.165, 1.54) is 34.1 Å². The van der Waals surface area contributed by atoms with Crippen LogP contribution < -0.4 is 22.5 Å². The molecule has 2 heterocycles. The molecule has 0 spiro atoms. The number of para-hydroxylation sites is 1. The summed E-state index contributed by atoms with van der Waals surface area (Å²) in [7, 11) is 0. The molecule has 0 saturated carbocycles. The van der Waals surface area contributed by atoms with Gasteiger partial charge in [0.2, 0.25) is 0 Å². The minimum atomic E-state index is -3.45. The minimum absolute atomic E-state index is 0.272. The molecule has 13 rings (SSSR count). The number of hydrogen-bond donors (Lipinski definition) is 0. The van der Waals surface area contributed by atoms with Gasteiger partial charge in [-0.3, -0.25) is 0 Å². The number of rotatable bonds is 10. The van der Waals surface area contributed by atoms with Crippen molar-refractivity contribution in [2.75, 3.05) is 4.90 Å². The number of nitrogens with zero attached hydrogens (tertiary/aromatic N) is 3. The maximum atomic E-state index is 14.8. The van der Waals surface area contributed by atoms with E-state index in [2.05, 4.69) is 271 Å². The quantitative estimate of drug-likeness (QED) is 0.124. The largest absolute Gasteiger partial charge is 0.0572 e. The molecule has 0 unspecified atom stereocenters. The fourth-order valence-corrected chi connectivity index (χ4v) is 21.3. The minimum Gasteiger partial charge on any atom is -0.0572 e. The van der Waals surface area contributed by atoms with Crippen LogP contribution in [0.15, 0.2) is 267 Å². The van der Waals surface area contributed by atoms with E-state index in [1.54, 1.807) is 12.1 Å². The van der Waals surface area contributed by atoms with Gasteiger partial charge in [-0.15, -0.1) is 0 Å². The van der Waals surface area contributed by atoms with Crippen LogP contribution in [0.25, 0.3) is 66.1 Å². The van der Waals surface area contributed by atoms with Gasteiger partial charge in [-0.25, -0.2) is 4.39 Å². The van der Waals surface area contributed by atoms with E-state index in [9.17, 15) is 4.39 Å². The molecule has 2 aromatic heterocycles. The van der Waals surface area contributed by atoms with Gasteiger partial charge in [0, 0.05) is 16.5 Å². The number of halogens is 1. The van der Waals surface area contributed by atoms with E-state index < -0.39 is 13.3 Å². The number of fused-ring (bicyclic) bond motifs is 6. The van der Waals surface area contributed by atoms with Crippen molar-refractivity contribution < 1.29 is 4.39 Å². The molecule has 0 aliphatic rings. The van der Waals surface area contributed by atoms with Gasteiger partial charge in [0.15, 0.2) is 0 Å². The number of aromatic nitrogens is 2. The van der Waals surface area contributed by atoms with Crippen LogP contribution in [0.5, 0.6) is 0 Å². The Bertz CT molecular complexity index is 4030. The van der Waals surface area contributed by atoms with Crippen LogP contribution >= 0.6 is 0 Å². The molecule has 0 saturated heterocycles. The molecular formula is C68H50FGeN3. The second-order valence-electron chi connectivity index (χ2n) is 19.2. The van der Waals surface area contributed by atoms with Gasteiger partial charge in [0.1, 0.15) is 5.82 Å². The van der Waals surface area contributed by atoms with Gasteiger partial charge in [-0.2, -0.15) is 0 Å². The van der Waals surface area contributed by atoms with Crippen molar-refractivity contribution in [1.82, 2.24) is 9.13 Å². The molecule has 13 aromatic rings. The van der Waals surface area contributed by atoms with Crippen molar-refractivity contribution in [3.63, 3.8) is 0 Å². The van der Waals surface area contributed by atoms with Crippen LogP contribution in [0.4, 0.5) is 21.5 Å². The van der Waals surface area contributed by atoms with Crippen LogP contribution in [0.1, 0.15) is 11.1 Å². The molecule has 0 radical (unpaired) electrons.